The van der Waals surface area contributed by atoms with E-state index in [0.29, 0.717) is 5.92 Å². The maximum Gasteiger partial charge on any atom is 0.0685 e. The van der Waals surface area contributed by atoms with Crippen molar-refractivity contribution >= 4 is 0 Å². The summed E-state index contributed by atoms with van der Waals surface area (Å²) in [4.78, 5) is 0. The van der Waals surface area contributed by atoms with Crippen molar-refractivity contribution < 1.29 is 4.74 Å². The Hall–Kier alpha value is -0.560. The van der Waals surface area contributed by atoms with Crippen LogP contribution in [-0.4, -0.2) is 13.2 Å². The van der Waals surface area contributed by atoms with Gasteiger partial charge in [-0.1, -0.05) is 17.2 Å². The monoisotopic (exact) mass is 194 g/mol. The van der Waals surface area contributed by atoms with Crippen molar-refractivity contribution in [3.8, 4) is 0 Å². The Labute approximate surface area is 87.8 Å². The summed E-state index contributed by atoms with van der Waals surface area (Å²) < 4.78 is 5.53. The fraction of sp³-hybridized carbons (Fsp3) is 0.692. The largest absolute Gasteiger partial charge is 0.377 e. The summed E-state index contributed by atoms with van der Waals surface area (Å²) in [5.41, 5.74) is 4.57. The Morgan fingerprint density at radius 2 is 2.29 bits per heavy atom. The molecule has 0 aromatic carbocycles. The van der Waals surface area contributed by atoms with Crippen molar-refractivity contribution in [2.24, 2.45) is 5.92 Å². The normalized spacial score (nSPS) is 23.4. The highest BCUT2D eigenvalue weighted by molar-refractivity contribution is 5.29. The molecule has 0 spiro atoms. The Morgan fingerprint density at radius 3 is 2.86 bits per heavy atom. The van der Waals surface area contributed by atoms with E-state index in [1.54, 1.807) is 5.57 Å². The number of allylic oxidation sites excluding steroid dienone is 3. The molecule has 0 N–H and O–H groups in total. The van der Waals surface area contributed by atoms with E-state index < -0.39 is 0 Å². The maximum absolute atomic E-state index is 5.53. The molecule has 1 nitrogen and oxygen atoms in total. The van der Waals surface area contributed by atoms with Crippen LogP contribution in [0.4, 0.5) is 0 Å². The van der Waals surface area contributed by atoms with Crippen molar-refractivity contribution in [1.29, 1.82) is 0 Å². The fourth-order valence-electron chi connectivity index (χ4n) is 2.13. The third-order valence-electron chi connectivity index (χ3n) is 3.24. The van der Waals surface area contributed by atoms with Crippen LogP contribution in [0.25, 0.3) is 0 Å². The first-order valence-corrected chi connectivity index (χ1v) is 5.59. The third kappa shape index (κ3) is 2.48. The molecule has 0 aliphatic heterocycles. The summed E-state index contributed by atoms with van der Waals surface area (Å²) in [6.07, 6.45) is 4.76. The molecule has 0 saturated carbocycles. The minimum absolute atomic E-state index is 0.659. The van der Waals surface area contributed by atoms with Gasteiger partial charge in [-0.05, 0) is 46.1 Å². The van der Waals surface area contributed by atoms with Crippen molar-refractivity contribution in [3.05, 3.63) is 22.8 Å². The lowest BCUT2D eigenvalue weighted by atomic mass is 9.93. The van der Waals surface area contributed by atoms with Crippen LogP contribution in [0, 0.1) is 5.92 Å². The highest BCUT2D eigenvalue weighted by Crippen LogP contribution is 2.36. The number of hydrogen-bond donors (Lipinski definition) is 0. The molecule has 1 heteroatoms. The van der Waals surface area contributed by atoms with Gasteiger partial charge in [0.1, 0.15) is 0 Å². The van der Waals surface area contributed by atoms with Gasteiger partial charge >= 0.3 is 0 Å². The predicted molar refractivity (Wildman–Crippen MR) is 61.3 cm³/mol. The Morgan fingerprint density at radius 1 is 1.57 bits per heavy atom. The number of rotatable bonds is 4. The van der Waals surface area contributed by atoms with E-state index in [1.807, 2.05) is 0 Å². The molecular weight excluding hydrogens is 172 g/mol. The van der Waals surface area contributed by atoms with E-state index in [2.05, 4.69) is 33.8 Å². The minimum atomic E-state index is 0.659. The van der Waals surface area contributed by atoms with Crippen LogP contribution >= 0.6 is 0 Å². The van der Waals surface area contributed by atoms with Gasteiger partial charge in [-0.15, -0.1) is 0 Å². The third-order valence-corrected chi connectivity index (χ3v) is 3.24. The second-order valence-corrected chi connectivity index (χ2v) is 4.07. The van der Waals surface area contributed by atoms with Gasteiger partial charge in [0, 0.05) is 12.5 Å². The molecule has 0 amide bonds. The SMILES string of the molecule is C/C=C(\C)C1CCC(C)=C1COCC. The van der Waals surface area contributed by atoms with Crippen molar-refractivity contribution in [1.82, 2.24) is 0 Å². The minimum Gasteiger partial charge on any atom is -0.377 e. The van der Waals surface area contributed by atoms with E-state index in [9.17, 15) is 0 Å². The summed E-state index contributed by atoms with van der Waals surface area (Å²) in [5, 5.41) is 0. The predicted octanol–water partition coefficient (Wildman–Crippen LogP) is 3.72. The zero-order valence-corrected chi connectivity index (χ0v) is 9.89. The molecule has 0 aromatic rings. The van der Waals surface area contributed by atoms with E-state index in [1.165, 1.54) is 24.0 Å². The van der Waals surface area contributed by atoms with Gasteiger partial charge in [0.2, 0.25) is 0 Å². The molecule has 0 aromatic heterocycles. The van der Waals surface area contributed by atoms with E-state index in [-0.39, 0.29) is 0 Å². The molecule has 1 aliphatic carbocycles. The summed E-state index contributed by atoms with van der Waals surface area (Å²) in [6, 6.07) is 0. The summed E-state index contributed by atoms with van der Waals surface area (Å²) in [6.45, 7) is 10.3. The second kappa shape index (κ2) is 5.35. The van der Waals surface area contributed by atoms with Gasteiger partial charge in [-0.25, -0.2) is 0 Å². The van der Waals surface area contributed by atoms with Gasteiger partial charge in [-0.3, -0.25) is 0 Å². The van der Waals surface area contributed by atoms with Crippen LogP contribution in [0.15, 0.2) is 22.8 Å². The van der Waals surface area contributed by atoms with Gasteiger partial charge in [-0.2, -0.15) is 0 Å². The zero-order valence-electron chi connectivity index (χ0n) is 9.89. The first kappa shape index (κ1) is 11.5. The van der Waals surface area contributed by atoms with E-state index in [4.69, 9.17) is 4.74 Å². The summed E-state index contributed by atoms with van der Waals surface area (Å²) >= 11 is 0. The van der Waals surface area contributed by atoms with Crippen molar-refractivity contribution in [2.45, 2.75) is 40.5 Å². The Bertz CT molecular complexity index is 248. The molecule has 1 aliphatic rings. The van der Waals surface area contributed by atoms with E-state index in [0.717, 1.165) is 13.2 Å². The van der Waals surface area contributed by atoms with Gasteiger partial charge in [0.05, 0.1) is 6.61 Å². The quantitative estimate of drug-likeness (QED) is 0.620. The Balaban J connectivity index is 2.70. The second-order valence-electron chi connectivity index (χ2n) is 4.07. The topological polar surface area (TPSA) is 9.23 Å². The zero-order chi connectivity index (χ0) is 10.6. The molecule has 1 unspecified atom stereocenters. The first-order valence-electron chi connectivity index (χ1n) is 5.59. The Kier molecular flexibility index (Phi) is 4.40. The van der Waals surface area contributed by atoms with Crippen LogP contribution in [0.5, 0.6) is 0 Å². The first-order chi connectivity index (χ1) is 6.70. The standard InChI is InChI=1S/C13H22O/c1-5-10(3)12-8-7-11(4)13(12)9-14-6-2/h5,12H,6-9H2,1-4H3/b10-5+. The van der Waals surface area contributed by atoms with Crippen LogP contribution in [0.3, 0.4) is 0 Å². The molecule has 0 radical (unpaired) electrons. The molecule has 0 heterocycles. The van der Waals surface area contributed by atoms with Gasteiger partial charge < -0.3 is 4.74 Å². The molecule has 0 fully saturated rings. The average Bonchev–Trinajstić information content (AvgIpc) is 2.56. The lowest BCUT2D eigenvalue weighted by Gasteiger charge is -2.16. The summed E-state index contributed by atoms with van der Waals surface area (Å²) in [5.74, 6) is 0.659. The van der Waals surface area contributed by atoms with Gasteiger partial charge in [0.15, 0.2) is 0 Å². The van der Waals surface area contributed by atoms with Crippen LogP contribution in [-0.2, 0) is 4.74 Å². The van der Waals surface area contributed by atoms with Gasteiger partial charge in [0.25, 0.3) is 0 Å². The molecule has 1 atom stereocenters. The highest BCUT2D eigenvalue weighted by Gasteiger charge is 2.23. The molecule has 80 valence electrons. The molecule has 14 heavy (non-hydrogen) atoms. The molecule has 0 bridgehead atoms. The smallest absolute Gasteiger partial charge is 0.0685 e. The maximum atomic E-state index is 5.53. The average molecular weight is 194 g/mol. The lowest BCUT2D eigenvalue weighted by molar-refractivity contribution is 0.166. The summed E-state index contributed by atoms with van der Waals surface area (Å²) in [7, 11) is 0. The fourth-order valence-corrected chi connectivity index (χ4v) is 2.13. The number of hydrogen-bond acceptors (Lipinski definition) is 1. The highest BCUT2D eigenvalue weighted by atomic mass is 16.5. The van der Waals surface area contributed by atoms with Crippen LogP contribution in [0.1, 0.15) is 40.5 Å². The van der Waals surface area contributed by atoms with E-state index >= 15 is 0 Å². The lowest BCUT2D eigenvalue weighted by Crippen LogP contribution is -2.08. The van der Waals surface area contributed by atoms with Crippen LogP contribution < -0.4 is 0 Å². The number of ether oxygens (including phenoxy) is 1. The molecule has 1 rings (SSSR count). The molecule has 0 saturated heterocycles. The van der Waals surface area contributed by atoms with Crippen molar-refractivity contribution in [2.75, 3.05) is 13.2 Å². The molecular formula is C13H22O. The van der Waals surface area contributed by atoms with Crippen molar-refractivity contribution in [3.63, 3.8) is 0 Å². The van der Waals surface area contributed by atoms with Crippen LogP contribution in [0.2, 0.25) is 0 Å².